The third kappa shape index (κ3) is 5.66. The van der Waals surface area contributed by atoms with E-state index in [1.165, 1.54) is 4.90 Å². The molecule has 5 heterocycles. The van der Waals surface area contributed by atoms with Crippen molar-refractivity contribution in [1.29, 1.82) is 0 Å². The number of aliphatic hydroxyl groups is 1. The number of likely N-dealkylation sites (tertiary alicyclic amines) is 1. The largest absolute Gasteiger partial charge is 0.463 e. The number of unbranched alkanes of at least 4 members (excludes halogenated alkanes) is 1. The molecule has 2 saturated heterocycles. The maximum atomic E-state index is 14.8. The molecule has 5 bridgehead atoms. The Kier molecular flexibility index (Phi) is 8.80. The summed E-state index contributed by atoms with van der Waals surface area (Å²) in [6.45, 7) is 0.274. The molecule has 13 nitrogen and oxygen atoms in total. The third-order valence-corrected chi connectivity index (χ3v) is 9.69. The molecule has 48 heavy (non-hydrogen) atoms. The number of aromatic nitrogens is 3. The van der Waals surface area contributed by atoms with Crippen molar-refractivity contribution in [2.75, 3.05) is 26.3 Å². The van der Waals surface area contributed by atoms with Crippen LogP contribution in [-0.4, -0.2) is 97.6 Å². The number of para-hydroxylation sites is 1. The van der Waals surface area contributed by atoms with Gasteiger partial charge in [-0.2, -0.15) is 0 Å². The van der Waals surface area contributed by atoms with Crippen molar-refractivity contribution in [2.24, 2.45) is 11.8 Å². The molecule has 0 unspecified atom stereocenters. The molecule has 1 aromatic heterocycles. The van der Waals surface area contributed by atoms with E-state index in [0.717, 1.165) is 11.1 Å². The number of carbonyl (C=O) groups is 4. The Morgan fingerprint density at radius 3 is 2.62 bits per heavy atom. The molecule has 0 saturated carbocycles. The Morgan fingerprint density at radius 2 is 1.79 bits per heavy atom. The minimum atomic E-state index is -1.37. The summed E-state index contributed by atoms with van der Waals surface area (Å²) in [4.78, 5) is 59.2. The van der Waals surface area contributed by atoms with Crippen LogP contribution in [0.1, 0.15) is 37.3 Å². The molecule has 4 aliphatic rings. The molecule has 3 aromatic rings. The van der Waals surface area contributed by atoms with Crippen LogP contribution in [0.3, 0.4) is 0 Å². The van der Waals surface area contributed by atoms with E-state index in [1.807, 2.05) is 66.7 Å². The van der Waals surface area contributed by atoms with E-state index in [-0.39, 0.29) is 51.2 Å². The first-order chi connectivity index (χ1) is 23.4. The molecule has 2 fully saturated rings. The van der Waals surface area contributed by atoms with Gasteiger partial charge in [0.1, 0.15) is 30.4 Å². The predicted octanol–water partition coefficient (Wildman–Crippen LogP) is 1.89. The van der Waals surface area contributed by atoms with Crippen LogP contribution in [0, 0.1) is 11.8 Å². The van der Waals surface area contributed by atoms with Gasteiger partial charge in [-0.05, 0) is 37.0 Å². The number of carbonyl (C=O) groups excluding carboxylic acids is 4. The molecule has 2 N–H and O–H groups in total. The fraction of sp³-hybridized carbons (Fsp3) is 0.429. The van der Waals surface area contributed by atoms with Gasteiger partial charge in [-0.15, -0.1) is 5.10 Å². The number of hydrogen-bond acceptors (Lipinski definition) is 9. The number of allylic oxidation sites excluding steroid dienone is 1. The molecule has 2 aromatic carbocycles. The average Bonchev–Trinajstić information content (AvgIpc) is 3.85. The number of cyclic esters (lactones) is 1. The molecular formula is C35H38N6O7. The Morgan fingerprint density at radius 1 is 0.979 bits per heavy atom. The SMILES string of the molecule is O=C1CC/C=C\CN(Cn2nnc3ccccc32)C(=O)[C@@H]2N(CCCCO)C(=O)[C@H]3[C@H](C(=O)N[C@H](c4ccccc4)CO1)[C@@H]1C=C[C@]23O1. The van der Waals surface area contributed by atoms with Gasteiger partial charge in [0.25, 0.3) is 5.91 Å². The molecule has 1 spiro atoms. The zero-order valence-electron chi connectivity index (χ0n) is 26.4. The predicted molar refractivity (Wildman–Crippen MR) is 171 cm³/mol. The van der Waals surface area contributed by atoms with Crippen molar-refractivity contribution in [3.63, 3.8) is 0 Å². The number of nitrogens with one attached hydrogen (secondary N) is 1. The van der Waals surface area contributed by atoms with E-state index < -0.39 is 47.5 Å². The van der Waals surface area contributed by atoms with Gasteiger partial charge >= 0.3 is 5.97 Å². The maximum absolute atomic E-state index is 14.8. The van der Waals surface area contributed by atoms with Crippen LogP contribution in [0.15, 0.2) is 78.9 Å². The van der Waals surface area contributed by atoms with Crippen molar-refractivity contribution >= 4 is 34.7 Å². The van der Waals surface area contributed by atoms with E-state index in [2.05, 4.69) is 15.6 Å². The summed E-state index contributed by atoms with van der Waals surface area (Å²) in [6, 6.07) is 14.9. The highest BCUT2D eigenvalue weighted by atomic mass is 16.5. The number of nitrogens with zero attached hydrogens (tertiary/aromatic N) is 5. The molecule has 3 amide bonds. The molecule has 0 aliphatic carbocycles. The normalized spacial score (nSPS) is 29.7. The smallest absolute Gasteiger partial charge is 0.306 e. The lowest BCUT2D eigenvalue weighted by Gasteiger charge is -2.35. The second-order valence-corrected chi connectivity index (χ2v) is 12.6. The Labute approximate surface area is 277 Å². The molecule has 250 valence electrons. The maximum Gasteiger partial charge on any atom is 0.306 e. The minimum absolute atomic E-state index is 0.0391. The molecular weight excluding hydrogens is 616 g/mol. The van der Waals surface area contributed by atoms with Gasteiger partial charge < -0.3 is 29.7 Å². The fourth-order valence-corrected chi connectivity index (χ4v) is 7.40. The molecule has 4 aliphatic heterocycles. The first kappa shape index (κ1) is 31.7. The monoisotopic (exact) mass is 654 g/mol. The van der Waals surface area contributed by atoms with E-state index >= 15 is 0 Å². The van der Waals surface area contributed by atoms with E-state index in [0.29, 0.717) is 24.8 Å². The lowest BCUT2D eigenvalue weighted by molar-refractivity contribution is -0.148. The van der Waals surface area contributed by atoms with Crippen LogP contribution in [0.2, 0.25) is 0 Å². The van der Waals surface area contributed by atoms with Gasteiger partial charge in [0, 0.05) is 26.1 Å². The Balaban J connectivity index is 1.28. The average molecular weight is 655 g/mol. The van der Waals surface area contributed by atoms with E-state index in [1.54, 1.807) is 21.7 Å². The Hall–Kier alpha value is -4.88. The fourth-order valence-electron chi connectivity index (χ4n) is 7.40. The summed E-state index contributed by atoms with van der Waals surface area (Å²) >= 11 is 0. The molecule has 7 rings (SSSR count). The highest BCUT2D eigenvalue weighted by molar-refractivity contribution is 6.00. The van der Waals surface area contributed by atoms with Crippen molar-refractivity contribution in [3.05, 3.63) is 84.5 Å². The lowest BCUT2D eigenvalue weighted by Crippen LogP contribution is -2.56. The second kappa shape index (κ2) is 13.3. The van der Waals surface area contributed by atoms with Crippen LogP contribution in [-0.2, 0) is 35.3 Å². The highest BCUT2D eigenvalue weighted by Gasteiger charge is 2.73. The summed E-state index contributed by atoms with van der Waals surface area (Å²) in [6.07, 6.45) is 7.88. The summed E-state index contributed by atoms with van der Waals surface area (Å²) in [7, 11) is 0. The topological polar surface area (TPSA) is 156 Å². The number of amides is 3. The lowest BCUT2D eigenvalue weighted by atomic mass is 9.74. The first-order valence-corrected chi connectivity index (χ1v) is 16.4. The quantitative estimate of drug-likeness (QED) is 0.221. The van der Waals surface area contributed by atoms with Crippen LogP contribution < -0.4 is 5.32 Å². The Bertz CT molecular complexity index is 1760. The van der Waals surface area contributed by atoms with Gasteiger partial charge in [0.15, 0.2) is 0 Å². The van der Waals surface area contributed by atoms with Gasteiger partial charge in [-0.3, -0.25) is 19.2 Å². The van der Waals surface area contributed by atoms with Gasteiger partial charge in [-0.25, -0.2) is 4.68 Å². The second-order valence-electron chi connectivity index (χ2n) is 12.6. The van der Waals surface area contributed by atoms with Gasteiger partial charge in [0.2, 0.25) is 11.8 Å². The van der Waals surface area contributed by atoms with Crippen molar-refractivity contribution < 1.29 is 33.8 Å². The van der Waals surface area contributed by atoms with Crippen molar-refractivity contribution in [3.8, 4) is 0 Å². The number of fused-ring (bicyclic) bond motifs is 3. The number of hydrogen-bond donors (Lipinski definition) is 2. The first-order valence-electron chi connectivity index (χ1n) is 16.4. The van der Waals surface area contributed by atoms with Crippen molar-refractivity contribution in [1.82, 2.24) is 30.1 Å². The summed E-state index contributed by atoms with van der Waals surface area (Å²) < 4.78 is 13.8. The molecule has 6 atom stereocenters. The summed E-state index contributed by atoms with van der Waals surface area (Å²) in [5.74, 6) is -3.41. The van der Waals surface area contributed by atoms with Crippen LogP contribution in [0.5, 0.6) is 0 Å². The van der Waals surface area contributed by atoms with E-state index in [9.17, 15) is 24.3 Å². The third-order valence-electron chi connectivity index (χ3n) is 9.69. The standard InChI is InChI=1S/C35H38N6O7/c42-20-10-9-19-40-31-34(46)39(22-41-26-14-7-6-13-24(26)37-38-41)18-8-2-5-15-28(43)47-21-25(23-11-3-1-4-12-23)36-32(44)29-27-16-17-35(31,48-27)30(29)33(40)45/h1-4,6-8,11-14,16-17,25,27,29-31,42H,5,9-10,15,18-22H2,(H,36,44)/b8-2-/t25-,27-,29+,30+,31-,35+/m0/s1. The number of rotatable bonds is 7. The highest BCUT2D eigenvalue weighted by Crippen LogP contribution is 2.55. The van der Waals surface area contributed by atoms with Gasteiger partial charge in [0.05, 0.1) is 29.5 Å². The van der Waals surface area contributed by atoms with Crippen LogP contribution >= 0.6 is 0 Å². The van der Waals surface area contributed by atoms with Crippen molar-refractivity contribution in [2.45, 2.75) is 56.1 Å². The molecule has 13 heteroatoms. The van der Waals surface area contributed by atoms with Crippen LogP contribution in [0.25, 0.3) is 11.0 Å². The summed E-state index contributed by atoms with van der Waals surface area (Å²) in [5.41, 5.74) is 0.794. The van der Waals surface area contributed by atoms with E-state index in [4.69, 9.17) is 9.47 Å². The summed E-state index contributed by atoms with van der Waals surface area (Å²) in [5, 5.41) is 21.1. The number of esters is 1. The number of aliphatic hydroxyl groups excluding tert-OH is 1. The zero-order chi connectivity index (χ0) is 33.3. The number of benzene rings is 2. The molecule has 0 radical (unpaired) electrons. The van der Waals surface area contributed by atoms with Gasteiger partial charge in [-0.1, -0.05) is 72.0 Å². The van der Waals surface area contributed by atoms with Crippen LogP contribution in [0.4, 0.5) is 0 Å². The number of ether oxygens (including phenoxy) is 2. The zero-order valence-corrected chi connectivity index (χ0v) is 26.4. The minimum Gasteiger partial charge on any atom is -0.463 e.